The topological polar surface area (TPSA) is 53.1 Å². The molecule has 0 saturated heterocycles. The number of hydrogen-bond acceptors (Lipinski definition) is 6. The van der Waals surface area contributed by atoms with Crippen LogP contribution < -0.4 is 5.32 Å². The molecule has 0 aromatic carbocycles. The molecule has 1 aliphatic heterocycles. The first-order chi connectivity index (χ1) is 6.34. The predicted molar refractivity (Wildman–Crippen MR) is 58.3 cm³/mol. The summed E-state index contributed by atoms with van der Waals surface area (Å²) < 4.78 is 1.70. The Morgan fingerprint density at radius 2 is 2.54 bits per heavy atom. The van der Waals surface area contributed by atoms with Gasteiger partial charge < -0.3 is 5.32 Å². The largest absolute Gasteiger partial charge is 0.371 e. The molecule has 0 amide bonds. The van der Waals surface area contributed by atoms with Crippen molar-refractivity contribution in [2.75, 3.05) is 18.8 Å². The first kappa shape index (κ1) is 9.17. The van der Waals surface area contributed by atoms with Crippen molar-refractivity contribution in [3.63, 3.8) is 0 Å². The normalized spacial score (nSPS) is 15.5. The first-order valence-electron chi connectivity index (χ1n) is 3.80. The summed E-state index contributed by atoms with van der Waals surface area (Å²) in [6.45, 7) is 1.86. The van der Waals surface area contributed by atoms with Crippen molar-refractivity contribution >= 4 is 41.2 Å². The predicted octanol–water partition coefficient (Wildman–Crippen LogP) is 1.29. The summed E-state index contributed by atoms with van der Waals surface area (Å²) in [5, 5.41) is 10.00. The van der Waals surface area contributed by atoms with Crippen LogP contribution in [-0.4, -0.2) is 34.9 Å². The number of amidine groups is 1. The summed E-state index contributed by atoms with van der Waals surface area (Å²) >= 11 is 8.08. The fraction of sp³-hybridized carbons (Fsp3) is 0.500. The standard InChI is InChI=1S/C6H8N4S3/c11-5-9-10-6(13-5)12-3-4-7-1-2-8-4/h1-3H2,(H,7,8)(H,9,11). The molecule has 1 aromatic heterocycles. The Bertz CT molecular complexity index is 366. The third-order valence-corrected chi connectivity index (χ3v) is 3.74. The minimum absolute atomic E-state index is 0.726. The minimum atomic E-state index is 0.726. The first-order valence-corrected chi connectivity index (χ1v) is 6.01. The Kier molecular flexibility index (Phi) is 2.97. The second-order valence-corrected chi connectivity index (χ2v) is 5.31. The zero-order chi connectivity index (χ0) is 9.10. The summed E-state index contributed by atoms with van der Waals surface area (Å²) in [4.78, 5) is 4.28. The van der Waals surface area contributed by atoms with Gasteiger partial charge in [-0.3, -0.25) is 10.1 Å². The van der Waals surface area contributed by atoms with E-state index in [1.807, 2.05) is 0 Å². The molecule has 0 unspecified atom stereocenters. The summed E-state index contributed by atoms with van der Waals surface area (Å²) in [6.07, 6.45) is 0. The van der Waals surface area contributed by atoms with Gasteiger partial charge in [-0.05, 0) is 12.2 Å². The molecule has 7 heteroatoms. The molecule has 2 heterocycles. The summed E-state index contributed by atoms with van der Waals surface area (Å²) in [6, 6.07) is 0. The summed E-state index contributed by atoms with van der Waals surface area (Å²) in [7, 11) is 0. The third-order valence-electron chi connectivity index (χ3n) is 1.49. The molecule has 0 bridgehead atoms. The van der Waals surface area contributed by atoms with E-state index in [2.05, 4.69) is 20.5 Å². The van der Waals surface area contributed by atoms with E-state index in [1.165, 1.54) is 11.3 Å². The SMILES string of the molecule is S=c1[nH]nc(SCC2=NCCN2)s1. The van der Waals surface area contributed by atoms with Crippen molar-refractivity contribution in [3.8, 4) is 0 Å². The van der Waals surface area contributed by atoms with Crippen LogP contribution in [0.5, 0.6) is 0 Å². The number of rotatable bonds is 3. The third kappa shape index (κ3) is 2.52. The van der Waals surface area contributed by atoms with E-state index in [4.69, 9.17) is 12.2 Å². The highest BCUT2D eigenvalue weighted by atomic mass is 32.2. The van der Waals surface area contributed by atoms with Gasteiger partial charge in [0.15, 0.2) is 8.29 Å². The molecule has 0 fully saturated rings. The van der Waals surface area contributed by atoms with Gasteiger partial charge >= 0.3 is 0 Å². The number of aliphatic imine (C=N–C) groups is 1. The van der Waals surface area contributed by atoms with E-state index < -0.39 is 0 Å². The maximum atomic E-state index is 4.92. The van der Waals surface area contributed by atoms with Gasteiger partial charge in [-0.2, -0.15) is 5.10 Å². The molecule has 2 N–H and O–H groups in total. The second kappa shape index (κ2) is 4.21. The van der Waals surface area contributed by atoms with Gasteiger partial charge in [0.2, 0.25) is 0 Å². The van der Waals surface area contributed by atoms with Gasteiger partial charge in [-0.1, -0.05) is 23.1 Å². The second-order valence-electron chi connectivity index (χ2n) is 2.42. The van der Waals surface area contributed by atoms with Crippen molar-refractivity contribution in [1.82, 2.24) is 15.5 Å². The summed E-state index contributed by atoms with van der Waals surface area (Å²) in [5.74, 6) is 1.92. The molecule has 0 spiro atoms. The Hall–Kier alpha value is -0.400. The molecular formula is C6H8N4S3. The van der Waals surface area contributed by atoms with E-state index in [9.17, 15) is 0 Å². The van der Waals surface area contributed by atoms with Gasteiger partial charge in [0, 0.05) is 6.54 Å². The van der Waals surface area contributed by atoms with E-state index in [1.54, 1.807) is 11.8 Å². The van der Waals surface area contributed by atoms with Crippen molar-refractivity contribution in [2.45, 2.75) is 4.34 Å². The molecule has 1 aromatic rings. The van der Waals surface area contributed by atoms with Crippen LogP contribution in [0.4, 0.5) is 0 Å². The van der Waals surface area contributed by atoms with Crippen LogP contribution in [0.25, 0.3) is 0 Å². The van der Waals surface area contributed by atoms with E-state index in [0.29, 0.717) is 0 Å². The molecule has 13 heavy (non-hydrogen) atoms. The van der Waals surface area contributed by atoms with E-state index >= 15 is 0 Å². The molecule has 0 atom stereocenters. The van der Waals surface area contributed by atoms with E-state index in [-0.39, 0.29) is 0 Å². The van der Waals surface area contributed by atoms with Crippen molar-refractivity contribution < 1.29 is 0 Å². The fourth-order valence-electron chi connectivity index (χ4n) is 0.952. The molecule has 4 nitrogen and oxygen atoms in total. The number of thioether (sulfide) groups is 1. The highest BCUT2D eigenvalue weighted by Gasteiger charge is 2.06. The average molecular weight is 232 g/mol. The van der Waals surface area contributed by atoms with E-state index in [0.717, 1.165) is 33.0 Å². The lowest BCUT2D eigenvalue weighted by Crippen LogP contribution is -2.20. The number of H-pyrrole nitrogens is 1. The molecular weight excluding hydrogens is 224 g/mol. The molecule has 1 aliphatic rings. The Morgan fingerprint density at radius 1 is 1.62 bits per heavy atom. The van der Waals surface area contributed by atoms with Crippen molar-refractivity contribution in [3.05, 3.63) is 3.95 Å². The van der Waals surface area contributed by atoms with Crippen LogP contribution in [0, 0.1) is 3.95 Å². The average Bonchev–Trinajstić information content (AvgIpc) is 2.71. The van der Waals surface area contributed by atoms with Crippen LogP contribution in [0.3, 0.4) is 0 Å². The van der Waals surface area contributed by atoms with Crippen molar-refractivity contribution in [1.29, 1.82) is 0 Å². The number of aromatic amines is 1. The lowest BCUT2D eigenvalue weighted by atomic mass is 10.7. The maximum absolute atomic E-state index is 4.92. The number of aromatic nitrogens is 2. The van der Waals surface area contributed by atoms with Gasteiger partial charge in [-0.25, -0.2) is 0 Å². The van der Waals surface area contributed by atoms with Crippen molar-refractivity contribution in [2.24, 2.45) is 4.99 Å². The van der Waals surface area contributed by atoms with Crippen LogP contribution in [0.2, 0.25) is 0 Å². The van der Waals surface area contributed by atoms with Crippen LogP contribution in [-0.2, 0) is 0 Å². The quantitative estimate of drug-likeness (QED) is 0.609. The highest BCUT2D eigenvalue weighted by Crippen LogP contribution is 2.20. The molecule has 70 valence electrons. The number of nitrogens with one attached hydrogen (secondary N) is 2. The number of hydrogen-bond donors (Lipinski definition) is 2. The molecule has 2 rings (SSSR count). The van der Waals surface area contributed by atoms with Crippen LogP contribution >= 0.6 is 35.3 Å². The van der Waals surface area contributed by atoms with Gasteiger partial charge in [0.1, 0.15) is 5.84 Å². The molecule has 0 aliphatic carbocycles. The van der Waals surface area contributed by atoms with Crippen LogP contribution in [0.1, 0.15) is 0 Å². The van der Waals surface area contributed by atoms with Gasteiger partial charge in [0.25, 0.3) is 0 Å². The Labute approximate surface area is 88.9 Å². The highest BCUT2D eigenvalue weighted by molar-refractivity contribution is 8.01. The van der Waals surface area contributed by atoms with Gasteiger partial charge in [-0.15, -0.1) is 0 Å². The molecule has 0 saturated carbocycles. The van der Waals surface area contributed by atoms with Gasteiger partial charge in [0.05, 0.1) is 12.3 Å². The monoisotopic (exact) mass is 232 g/mol. The zero-order valence-electron chi connectivity index (χ0n) is 6.74. The fourth-order valence-corrected chi connectivity index (χ4v) is 2.96. The Morgan fingerprint density at radius 3 is 3.15 bits per heavy atom. The summed E-state index contributed by atoms with van der Waals surface area (Å²) in [5.41, 5.74) is 0. The lowest BCUT2D eigenvalue weighted by Gasteiger charge is -1.97. The van der Waals surface area contributed by atoms with Crippen LogP contribution in [0.15, 0.2) is 9.33 Å². The lowest BCUT2D eigenvalue weighted by molar-refractivity contribution is 0.959. The number of nitrogens with zero attached hydrogens (tertiary/aromatic N) is 2. The smallest absolute Gasteiger partial charge is 0.177 e. The minimum Gasteiger partial charge on any atom is -0.371 e. The molecule has 0 radical (unpaired) electrons. The maximum Gasteiger partial charge on any atom is 0.177 e. The zero-order valence-corrected chi connectivity index (χ0v) is 9.19. The Balaban J connectivity index is 1.89.